The summed E-state index contributed by atoms with van der Waals surface area (Å²) in [5.74, 6) is 0. The van der Waals surface area contributed by atoms with Gasteiger partial charge in [0.05, 0.1) is 28.3 Å². The van der Waals surface area contributed by atoms with Crippen LogP contribution in [0, 0.1) is 0 Å². The van der Waals surface area contributed by atoms with E-state index in [0.29, 0.717) is 0 Å². The van der Waals surface area contributed by atoms with Gasteiger partial charge in [0.1, 0.15) is 23.2 Å². The van der Waals surface area contributed by atoms with Crippen molar-refractivity contribution in [3.8, 4) is 0 Å². The zero-order valence-electron chi connectivity index (χ0n) is 21.6. The molecule has 0 amide bonds. The van der Waals surface area contributed by atoms with E-state index in [1.165, 1.54) is 28.5 Å². The normalized spacial score (nSPS) is 13.1. The smallest absolute Gasteiger partial charge is 0.458 e. The first-order valence-electron chi connectivity index (χ1n) is 11.1. The van der Waals surface area contributed by atoms with Crippen molar-refractivity contribution in [1.82, 2.24) is 11.1 Å². The fourth-order valence-electron chi connectivity index (χ4n) is 3.51. The fourth-order valence-corrected chi connectivity index (χ4v) is 7.83. The number of alkyl halides is 6. The molecule has 2 atom stereocenters. The Bertz CT molecular complexity index is 1040. The zero-order valence-corrected chi connectivity index (χ0v) is 24.1. The minimum Gasteiger partial charge on any atom is -0.766 e. The fraction of sp³-hybridized carbons (Fsp3) is 0.280. The number of nitrogens with zero attached hydrogens (tertiary/aromatic N) is 1. The Kier molecular flexibility index (Phi) is 16.6. The van der Waals surface area contributed by atoms with Gasteiger partial charge >= 0.3 is 11.0 Å². The van der Waals surface area contributed by atoms with Crippen molar-refractivity contribution in [2.45, 2.75) is 17.4 Å². The summed E-state index contributed by atoms with van der Waals surface area (Å²) in [6, 6.07) is 33.4. The van der Waals surface area contributed by atoms with Crippen molar-refractivity contribution in [2.75, 3.05) is 26.8 Å². The number of hydrogen-bond acceptors (Lipinski definition) is 6. The molecule has 0 saturated carbocycles. The van der Waals surface area contributed by atoms with Gasteiger partial charge in [-0.25, -0.2) is 0 Å². The van der Waals surface area contributed by atoms with Crippen LogP contribution in [-0.4, -0.2) is 60.2 Å². The van der Waals surface area contributed by atoms with Gasteiger partial charge < -0.3 is 20.2 Å². The summed E-state index contributed by atoms with van der Waals surface area (Å²) in [4.78, 5) is 2.29. The van der Waals surface area contributed by atoms with E-state index in [1.807, 2.05) is 0 Å². The summed E-state index contributed by atoms with van der Waals surface area (Å²) in [5.41, 5.74) is -10.2. The van der Waals surface area contributed by atoms with Crippen molar-refractivity contribution in [1.29, 1.82) is 0 Å². The maximum Gasteiger partial charge on any atom is 0.458 e. The predicted molar refractivity (Wildman–Crippen MR) is 148 cm³/mol. The lowest BCUT2D eigenvalue weighted by Crippen LogP contribution is -2.34. The van der Waals surface area contributed by atoms with Crippen LogP contribution in [0.15, 0.2) is 91.0 Å². The second-order valence-electron chi connectivity index (χ2n) is 8.06. The molecule has 40 heavy (non-hydrogen) atoms. The molecule has 2 unspecified atom stereocenters. The Labute approximate surface area is 235 Å². The Morgan fingerprint density at radius 2 is 0.900 bits per heavy atom. The Morgan fingerprint density at radius 1 is 0.650 bits per heavy atom. The van der Waals surface area contributed by atoms with Gasteiger partial charge in [0.2, 0.25) is 0 Å². The lowest BCUT2D eigenvalue weighted by atomic mass is 10.3. The zero-order chi connectivity index (χ0) is 29.7. The summed E-state index contributed by atoms with van der Waals surface area (Å²) in [7, 11) is 2.68. The molecule has 0 saturated heterocycles. The third-order valence-electron chi connectivity index (χ3n) is 5.07. The molecular formula is C25H30F6N2O4PS2-. The molecule has 3 N–H and O–H groups in total. The molecule has 0 bridgehead atoms. The van der Waals surface area contributed by atoms with Gasteiger partial charge in [-0.05, 0) is 56.9 Å². The van der Waals surface area contributed by atoms with E-state index in [9.17, 15) is 26.3 Å². The molecule has 0 aliphatic carbocycles. The monoisotopic (exact) mass is 631 g/mol. The van der Waals surface area contributed by atoms with Gasteiger partial charge in [-0.1, -0.05) is 54.6 Å². The first-order chi connectivity index (χ1) is 18.1. The number of rotatable bonds is 7. The second kappa shape index (κ2) is 17.6. The standard InChI is InChI=1S/C23H27NP.2CHF3O2S.H3N/c1-24(2)19-12-20-25(21-13-6-3-7-14-21,22-15-8-4-9-16-22)23-17-10-5-11-18-23;2*2-1(3,4)7(5)6;/h3-11,13-18H,12,19-20H2,1-2H3;2*(H,5,6);1H3/q+1;;;/p-2. The van der Waals surface area contributed by atoms with E-state index < -0.39 is 40.4 Å². The highest BCUT2D eigenvalue weighted by Gasteiger charge is 2.44. The Balaban J connectivity index is 0.000000844. The molecule has 0 radical (unpaired) electrons. The van der Waals surface area contributed by atoms with E-state index >= 15 is 0 Å². The molecule has 3 rings (SSSR count). The molecule has 15 heteroatoms. The highest BCUT2D eigenvalue weighted by atomic mass is 32.2. The minimum absolute atomic E-state index is 0. The second-order valence-corrected chi connectivity index (χ2v) is 13.5. The van der Waals surface area contributed by atoms with Crippen LogP contribution in [0.2, 0.25) is 0 Å². The van der Waals surface area contributed by atoms with Crippen LogP contribution < -0.4 is 22.1 Å². The molecule has 3 aromatic carbocycles. The topological polar surface area (TPSA) is 118 Å². The average Bonchev–Trinajstić information content (AvgIpc) is 2.88. The molecule has 3 aromatic rings. The SMILES string of the molecule is CN(C)CCC[P+](c1ccccc1)(c1ccccc1)c1ccccc1.N.O=S([O-])C(F)(F)F.O=S([O-])C(F)(F)F. The lowest BCUT2D eigenvalue weighted by molar-refractivity contribution is -0.0458. The van der Waals surface area contributed by atoms with Crippen LogP contribution in [-0.2, 0) is 22.2 Å². The Morgan fingerprint density at radius 3 is 1.10 bits per heavy atom. The molecular weight excluding hydrogens is 601 g/mol. The lowest BCUT2D eigenvalue weighted by Gasteiger charge is -2.28. The van der Waals surface area contributed by atoms with Crippen molar-refractivity contribution >= 4 is 45.3 Å². The van der Waals surface area contributed by atoms with Gasteiger partial charge in [-0.2, -0.15) is 26.3 Å². The molecule has 224 valence electrons. The molecule has 0 spiro atoms. The van der Waals surface area contributed by atoms with Crippen LogP contribution in [0.25, 0.3) is 0 Å². The van der Waals surface area contributed by atoms with Crippen LogP contribution in [0.5, 0.6) is 0 Å². The molecule has 6 nitrogen and oxygen atoms in total. The van der Waals surface area contributed by atoms with Crippen molar-refractivity contribution < 1.29 is 43.9 Å². The van der Waals surface area contributed by atoms with E-state index in [1.54, 1.807) is 0 Å². The van der Waals surface area contributed by atoms with Crippen LogP contribution in [0.4, 0.5) is 26.3 Å². The summed E-state index contributed by atoms with van der Waals surface area (Å²) in [5, 5.41) is 4.43. The van der Waals surface area contributed by atoms with Crippen molar-refractivity contribution in [2.24, 2.45) is 0 Å². The summed E-state index contributed by atoms with van der Waals surface area (Å²) in [6.07, 6.45) is 2.39. The largest absolute Gasteiger partial charge is 0.766 e. The van der Waals surface area contributed by atoms with Gasteiger partial charge in [0, 0.05) is 6.54 Å². The third kappa shape index (κ3) is 12.5. The molecule has 0 heterocycles. The maximum absolute atomic E-state index is 10.6. The van der Waals surface area contributed by atoms with E-state index in [0.717, 1.165) is 6.54 Å². The highest BCUT2D eigenvalue weighted by Crippen LogP contribution is 2.55. The van der Waals surface area contributed by atoms with E-state index in [-0.39, 0.29) is 6.15 Å². The van der Waals surface area contributed by atoms with Crippen LogP contribution >= 0.6 is 7.26 Å². The van der Waals surface area contributed by atoms with E-state index in [2.05, 4.69) is 110 Å². The summed E-state index contributed by atoms with van der Waals surface area (Å²) in [6.45, 7) is 1.12. The first kappa shape index (κ1) is 37.8. The molecule has 0 fully saturated rings. The van der Waals surface area contributed by atoms with Crippen LogP contribution in [0.3, 0.4) is 0 Å². The van der Waals surface area contributed by atoms with Gasteiger partial charge in [0.25, 0.3) is 0 Å². The first-order valence-corrected chi connectivity index (χ1v) is 15.3. The average molecular weight is 632 g/mol. The van der Waals surface area contributed by atoms with Gasteiger partial charge in [-0.3, -0.25) is 8.42 Å². The highest BCUT2D eigenvalue weighted by molar-refractivity contribution is 7.95. The van der Waals surface area contributed by atoms with Crippen LogP contribution in [0.1, 0.15) is 6.42 Å². The van der Waals surface area contributed by atoms with Crippen molar-refractivity contribution in [3.63, 3.8) is 0 Å². The van der Waals surface area contributed by atoms with E-state index in [4.69, 9.17) is 17.5 Å². The van der Waals surface area contributed by atoms with Crippen molar-refractivity contribution in [3.05, 3.63) is 91.0 Å². The summed E-state index contributed by atoms with van der Waals surface area (Å²) >= 11 is -7.87. The summed E-state index contributed by atoms with van der Waals surface area (Å²) < 4.78 is 99.0. The minimum atomic E-state index is -5.08. The predicted octanol–water partition coefficient (Wildman–Crippen LogP) is 4.86. The molecule has 0 aliphatic rings. The van der Waals surface area contributed by atoms with Gasteiger partial charge in [0.15, 0.2) is 0 Å². The molecule has 0 aromatic heterocycles. The number of halogens is 6. The number of benzene rings is 3. The maximum atomic E-state index is 10.6. The molecule has 0 aliphatic heterocycles. The number of hydrogen-bond donors (Lipinski definition) is 1. The Hall–Kier alpha value is -2.19. The van der Waals surface area contributed by atoms with Gasteiger partial charge in [-0.15, -0.1) is 0 Å². The quantitative estimate of drug-likeness (QED) is 0.226. The third-order valence-corrected chi connectivity index (χ3v) is 10.3.